The summed E-state index contributed by atoms with van der Waals surface area (Å²) in [6.45, 7) is 5.88. The summed E-state index contributed by atoms with van der Waals surface area (Å²) in [7, 11) is 3.33. The topological polar surface area (TPSA) is 99.8 Å². The van der Waals surface area contributed by atoms with Crippen LogP contribution in [0.25, 0.3) is 0 Å². The number of carbonyl (C=O) groups is 3. The maximum absolute atomic E-state index is 14.3. The third kappa shape index (κ3) is 5.02. The van der Waals surface area contributed by atoms with Crippen molar-refractivity contribution >= 4 is 17.7 Å². The van der Waals surface area contributed by atoms with E-state index in [9.17, 15) is 14.4 Å². The summed E-state index contributed by atoms with van der Waals surface area (Å²) >= 11 is 0. The third-order valence-corrected chi connectivity index (χ3v) is 8.84. The van der Waals surface area contributed by atoms with Crippen molar-refractivity contribution in [2.75, 3.05) is 14.2 Å². The molecular formula is C31H40N4O4. The van der Waals surface area contributed by atoms with Gasteiger partial charge in [-0.15, -0.1) is 0 Å². The summed E-state index contributed by atoms with van der Waals surface area (Å²) in [6, 6.07) is 11.9. The molecule has 2 aromatic carbocycles. The van der Waals surface area contributed by atoms with E-state index in [0.717, 1.165) is 36.0 Å². The summed E-state index contributed by atoms with van der Waals surface area (Å²) < 4.78 is 5.48. The SMILES string of the molecule is CNC(C)C(=O)N[C@H]1Cc2cc(OC)ccc2[C@H]2CC(C)(C)C(C(=O)N[C@@H]3CCCc4ccccc43)N2C1=O. The number of nitrogens with one attached hydrogen (secondary N) is 3. The number of likely N-dealkylation sites (N-methyl/N-ethyl adjacent to an activating group) is 1. The van der Waals surface area contributed by atoms with Crippen molar-refractivity contribution in [3.8, 4) is 5.75 Å². The highest BCUT2D eigenvalue weighted by Crippen LogP contribution is 2.50. The normalized spacial score (nSPS) is 26.0. The molecule has 2 heterocycles. The number of ether oxygens (including phenoxy) is 1. The Hall–Kier alpha value is -3.39. The van der Waals surface area contributed by atoms with Crippen LogP contribution in [0.15, 0.2) is 42.5 Å². The zero-order valence-corrected chi connectivity index (χ0v) is 23.5. The first kappa shape index (κ1) is 27.2. The Morgan fingerprint density at radius 2 is 1.82 bits per heavy atom. The molecule has 1 fully saturated rings. The van der Waals surface area contributed by atoms with Gasteiger partial charge >= 0.3 is 0 Å². The molecule has 8 heteroatoms. The van der Waals surface area contributed by atoms with Crippen LogP contribution in [-0.4, -0.2) is 54.9 Å². The standard InChI is InChI=1S/C31H40N4O4/c1-18(32-4)28(36)34-25-16-20-15-21(39-5)13-14-23(20)26-17-31(2,3)27(35(26)30(25)38)29(37)33-24-12-8-10-19-9-6-7-11-22(19)24/h6-7,9,11,13-15,18,24-27,32H,8,10,12,16-17H2,1-5H3,(H,33,37)(H,34,36)/t18?,24-,25+,26-,27?/m1/s1. The number of hydrogen-bond donors (Lipinski definition) is 3. The fraction of sp³-hybridized carbons (Fsp3) is 0.516. The monoisotopic (exact) mass is 532 g/mol. The minimum atomic E-state index is -0.788. The smallest absolute Gasteiger partial charge is 0.246 e. The summed E-state index contributed by atoms with van der Waals surface area (Å²) in [6.07, 6.45) is 3.87. The first-order chi connectivity index (χ1) is 18.6. The third-order valence-electron chi connectivity index (χ3n) is 8.84. The minimum Gasteiger partial charge on any atom is -0.497 e. The Morgan fingerprint density at radius 1 is 1.05 bits per heavy atom. The average Bonchev–Trinajstić information content (AvgIpc) is 3.17. The van der Waals surface area contributed by atoms with Crippen LogP contribution in [-0.2, 0) is 27.2 Å². The molecule has 8 nitrogen and oxygen atoms in total. The highest BCUT2D eigenvalue weighted by Gasteiger charge is 2.55. The van der Waals surface area contributed by atoms with Gasteiger partial charge in [0, 0.05) is 6.42 Å². The van der Waals surface area contributed by atoms with Crippen molar-refractivity contribution in [2.24, 2.45) is 5.41 Å². The van der Waals surface area contributed by atoms with E-state index >= 15 is 0 Å². The number of methoxy groups -OCH3 is 1. The number of carbonyl (C=O) groups excluding carboxylic acids is 3. The lowest BCUT2D eigenvalue weighted by molar-refractivity contribution is -0.145. The molecule has 1 aliphatic carbocycles. The van der Waals surface area contributed by atoms with Crippen molar-refractivity contribution in [2.45, 2.75) is 83.1 Å². The fourth-order valence-corrected chi connectivity index (χ4v) is 6.68. The lowest BCUT2D eigenvalue weighted by Crippen LogP contribution is -2.57. The van der Waals surface area contributed by atoms with Crippen LogP contribution < -0.4 is 20.7 Å². The van der Waals surface area contributed by atoms with E-state index < -0.39 is 23.5 Å². The second-order valence-corrected chi connectivity index (χ2v) is 11.8. The molecule has 1 saturated heterocycles. The number of aryl methyl sites for hydroxylation is 1. The molecule has 0 radical (unpaired) electrons. The Balaban J connectivity index is 1.51. The number of nitrogens with zero attached hydrogens (tertiary/aromatic N) is 1. The maximum Gasteiger partial charge on any atom is 0.246 e. The Morgan fingerprint density at radius 3 is 2.56 bits per heavy atom. The molecule has 208 valence electrons. The van der Waals surface area contributed by atoms with E-state index in [1.54, 1.807) is 26.0 Å². The van der Waals surface area contributed by atoms with Crippen molar-refractivity contribution in [3.05, 3.63) is 64.7 Å². The fourth-order valence-electron chi connectivity index (χ4n) is 6.68. The van der Waals surface area contributed by atoms with Crippen molar-refractivity contribution in [1.29, 1.82) is 0 Å². The highest BCUT2D eigenvalue weighted by molar-refractivity contribution is 5.95. The Bertz CT molecular complexity index is 1270. The predicted molar refractivity (Wildman–Crippen MR) is 149 cm³/mol. The molecule has 0 bridgehead atoms. The second kappa shape index (κ2) is 10.6. The molecule has 0 aromatic heterocycles. The zero-order valence-electron chi connectivity index (χ0n) is 23.5. The lowest BCUT2D eigenvalue weighted by atomic mass is 9.81. The number of fused-ring (bicyclic) bond motifs is 4. The Labute approximate surface area is 230 Å². The maximum atomic E-state index is 14.3. The van der Waals surface area contributed by atoms with Gasteiger partial charge in [0.25, 0.3) is 0 Å². The average molecular weight is 533 g/mol. The van der Waals surface area contributed by atoms with Crippen molar-refractivity contribution < 1.29 is 19.1 Å². The van der Waals surface area contributed by atoms with Crippen LogP contribution >= 0.6 is 0 Å². The summed E-state index contributed by atoms with van der Waals surface area (Å²) in [5.74, 6) is 0.0904. The van der Waals surface area contributed by atoms with Crippen LogP contribution in [0.2, 0.25) is 0 Å². The number of hydrogen-bond acceptors (Lipinski definition) is 5. The minimum absolute atomic E-state index is 0.0806. The molecule has 2 aromatic rings. The molecule has 3 amide bonds. The molecule has 0 saturated carbocycles. The van der Waals surface area contributed by atoms with Gasteiger partial charge in [0.05, 0.1) is 25.2 Å². The first-order valence-corrected chi connectivity index (χ1v) is 14.0. The second-order valence-electron chi connectivity index (χ2n) is 11.8. The van der Waals surface area contributed by atoms with Gasteiger partial charge in [-0.1, -0.05) is 44.2 Å². The van der Waals surface area contributed by atoms with E-state index in [2.05, 4.69) is 41.9 Å². The van der Waals surface area contributed by atoms with Gasteiger partial charge in [-0.2, -0.15) is 0 Å². The molecule has 2 unspecified atom stereocenters. The number of benzene rings is 2. The largest absolute Gasteiger partial charge is 0.497 e. The van der Waals surface area contributed by atoms with Crippen LogP contribution in [0.4, 0.5) is 0 Å². The Kier molecular flexibility index (Phi) is 7.42. The van der Waals surface area contributed by atoms with E-state index in [0.29, 0.717) is 18.6 Å². The van der Waals surface area contributed by atoms with Crippen LogP contribution in [0.1, 0.15) is 74.4 Å². The molecule has 5 atom stereocenters. The number of rotatable bonds is 6. The van der Waals surface area contributed by atoms with Gasteiger partial charge in [0.15, 0.2) is 0 Å². The van der Waals surface area contributed by atoms with Gasteiger partial charge in [0.2, 0.25) is 17.7 Å². The summed E-state index contributed by atoms with van der Waals surface area (Å²) in [5.41, 5.74) is 3.92. The first-order valence-electron chi connectivity index (χ1n) is 14.0. The van der Waals surface area contributed by atoms with E-state index in [1.165, 1.54) is 5.56 Å². The highest BCUT2D eigenvalue weighted by atomic mass is 16.5. The molecular weight excluding hydrogens is 492 g/mol. The molecule has 0 spiro atoms. The van der Waals surface area contributed by atoms with Crippen LogP contribution in [0.5, 0.6) is 5.75 Å². The molecule has 39 heavy (non-hydrogen) atoms. The van der Waals surface area contributed by atoms with Gasteiger partial charge in [-0.25, -0.2) is 0 Å². The predicted octanol–water partition coefficient (Wildman–Crippen LogP) is 3.21. The van der Waals surface area contributed by atoms with Gasteiger partial charge < -0.3 is 25.6 Å². The molecule has 3 N–H and O–H groups in total. The van der Waals surface area contributed by atoms with Crippen LogP contribution in [0.3, 0.4) is 0 Å². The lowest BCUT2D eigenvalue weighted by Gasteiger charge is -2.36. The molecule has 3 aliphatic rings. The van der Waals surface area contributed by atoms with Gasteiger partial charge in [-0.3, -0.25) is 14.4 Å². The summed E-state index contributed by atoms with van der Waals surface area (Å²) in [5, 5.41) is 9.23. The van der Waals surface area contributed by atoms with Crippen molar-refractivity contribution in [3.63, 3.8) is 0 Å². The zero-order chi connectivity index (χ0) is 27.9. The van der Waals surface area contributed by atoms with E-state index in [-0.39, 0.29) is 29.8 Å². The van der Waals surface area contributed by atoms with E-state index in [1.807, 2.05) is 30.3 Å². The molecule has 5 rings (SSSR count). The van der Waals surface area contributed by atoms with E-state index in [4.69, 9.17) is 4.74 Å². The van der Waals surface area contributed by atoms with Gasteiger partial charge in [0.1, 0.15) is 17.8 Å². The van der Waals surface area contributed by atoms with Crippen LogP contribution in [0, 0.1) is 5.41 Å². The molecule has 2 aliphatic heterocycles. The van der Waals surface area contributed by atoms with Gasteiger partial charge in [-0.05, 0) is 79.5 Å². The van der Waals surface area contributed by atoms with Crippen molar-refractivity contribution in [1.82, 2.24) is 20.9 Å². The quantitative estimate of drug-likeness (QED) is 0.531. The summed E-state index contributed by atoms with van der Waals surface area (Å²) in [4.78, 5) is 43.1. The number of amides is 3.